The van der Waals surface area contributed by atoms with E-state index in [-0.39, 0.29) is 16.3 Å². The van der Waals surface area contributed by atoms with Crippen LogP contribution in [0.25, 0.3) is 0 Å². The predicted octanol–water partition coefficient (Wildman–Crippen LogP) is 2.47. The molecule has 0 radical (unpaired) electrons. The zero-order valence-electron chi connectivity index (χ0n) is 14.9. The third-order valence-corrected chi connectivity index (χ3v) is 6.53. The number of sulfonamides is 1. The Morgan fingerprint density at radius 3 is 2.42 bits per heavy atom. The Kier molecular flexibility index (Phi) is 4.72. The van der Waals surface area contributed by atoms with Gasteiger partial charge in [0.25, 0.3) is 5.69 Å². The molecule has 1 aliphatic rings. The van der Waals surface area contributed by atoms with Crippen LogP contribution < -0.4 is 5.32 Å². The highest BCUT2D eigenvalue weighted by Gasteiger charge is 2.29. The van der Waals surface area contributed by atoms with E-state index >= 15 is 0 Å². The monoisotopic (exact) mass is 379 g/mol. The Balaban J connectivity index is 2.01. The van der Waals surface area contributed by atoms with E-state index < -0.39 is 14.9 Å². The first-order valence-corrected chi connectivity index (χ1v) is 9.71. The van der Waals surface area contributed by atoms with Crippen LogP contribution in [0.15, 0.2) is 23.1 Å². The first kappa shape index (κ1) is 18.3. The van der Waals surface area contributed by atoms with Crippen molar-refractivity contribution in [3.63, 3.8) is 0 Å². The average Bonchev–Trinajstić information content (AvgIpc) is 3.20. The Labute approximate surface area is 151 Å². The maximum Gasteiger partial charge on any atom is 0.294 e. The molecular weight excluding hydrogens is 358 g/mol. The molecule has 10 heteroatoms. The van der Waals surface area contributed by atoms with E-state index in [4.69, 9.17) is 0 Å². The van der Waals surface area contributed by atoms with E-state index in [9.17, 15) is 18.5 Å². The van der Waals surface area contributed by atoms with Crippen molar-refractivity contribution in [1.29, 1.82) is 0 Å². The summed E-state index contributed by atoms with van der Waals surface area (Å²) in [7, 11) is -1.93. The van der Waals surface area contributed by atoms with Gasteiger partial charge in [0.05, 0.1) is 26.9 Å². The van der Waals surface area contributed by atoms with Gasteiger partial charge in [-0.05, 0) is 38.8 Å². The van der Waals surface area contributed by atoms with Crippen molar-refractivity contribution in [2.75, 3.05) is 18.4 Å². The van der Waals surface area contributed by atoms with Crippen LogP contribution in [0.4, 0.5) is 17.1 Å². The maximum absolute atomic E-state index is 12.7. The van der Waals surface area contributed by atoms with E-state index in [1.807, 2.05) is 6.92 Å². The Hall–Kier alpha value is -2.46. The zero-order valence-corrected chi connectivity index (χ0v) is 15.7. The summed E-state index contributed by atoms with van der Waals surface area (Å²) in [5.74, 6) is 0. The van der Waals surface area contributed by atoms with Gasteiger partial charge >= 0.3 is 0 Å². The number of rotatable bonds is 5. The summed E-state index contributed by atoms with van der Waals surface area (Å²) >= 11 is 0. The van der Waals surface area contributed by atoms with Gasteiger partial charge in [0.15, 0.2) is 0 Å². The molecule has 26 heavy (non-hydrogen) atoms. The van der Waals surface area contributed by atoms with Crippen molar-refractivity contribution in [3.05, 3.63) is 39.7 Å². The van der Waals surface area contributed by atoms with Crippen LogP contribution in [0.2, 0.25) is 0 Å². The summed E-state index contributed by atoms with van der Waals surface area (Å²) in [6, 6.07) is 3.97. The second-order valence-corrected chi connectivity index (χ2v) is 8.28. The van der Waals surface area contributed by atoms with Gasteiger partial charge in [-0.25, -0.2) is 8.42 Å². The highest BCUT2D eigenvalue weighted by molar-refractivity contribution is 7.89. The van der Waals surface area contributed by atoms with Crippen LogP contribution >= 0.6 is 0 Å². The molecule has 0 aliphatic carbocycles. The standard InChI is InChI=1S/C16H21N5O4S/c1-11-16(12(2)19(3)18-11)17-14-7-6-13(10-15(14)21(22)23)26(24,25)20-8-4-5-9-20/h6-7,10,17H,4-5,8-9H2,1-3H3. The van der Waals surface area contributed by atoms with Crippen LogP contribution in [0, 0.1) is 24.0 Å². The van der Waals surface area contributed by atoms with Crippen molar-refractivity contribution in [2.24, 2.45) is 7.05 Å². The van der Waals surface area contributed by atoms with Crippen molar-refractivity contribution in [2.45, 2.75) is 31.6 Å². The van der Waals surface area contributed by atoms with Crippen LogP contribution in [0.1, 0.15) is 24.2 Å². The molecule has 2 aromatic rings. The van der Waals surface area contributed by atoms with Gasteiger partial charge in [0.1, 0.15) is 5.69 Å². The second kappa shape index (κ2) is 6.69. The van der Waals surface area contributed by atoms with Crippen molar-refractivity contribution >= 4 is 27.1 Å². The largest absolute Gasteiger partial charge is 0.347 e. The fourth-order valence-electron chi connectivity index (χ4n) is 3.10. The van der Waals surface area contributed by atoms with Crippen LogP contribution in [-0.2, 0) is 17.1 Å². The zero-order chi connectivity index (χ0) is 19.1. The molecule has 0 amide bonds. The molecule has 2 heterocycles. The Morgan fingerprint density at radius 1 is 1.23 bits per heavy atom. The highest BCUT2D eigenvalue weighted by Crippen LogP contribution is 2.33. The summed E-state index contributed by atoms with van der Waals surface area (Å²) in [6.07, 6.45) is 1.61. The Morgan fingerprint density at radius 2 is 1.88 bits per heavy atom. The fourth-order valence-corrected chi connectivity index (χ4v) is 4.63. The number of aryl methyl sites for hydroxylation is 2. The summed E-state index contributed by atoms with van der Waals surface area (Å²) in [5.41, 5.74) is 2.15. The van der Waals surface area contributed by atoms with E-state index in [0.29, 0.717) is 24.5 Å². The quantitative estimate of drug-likeness (QED) is 0.631. The SMILES string of the molecule is Cc1nn(C)c(C)c1Nc1ccc(S(=O)(=O)N2CCCC2)cc1[N+](=O)[O-]. The number of aromatic nitrogens is 2. The smallest absolute Gasteiger partial charge is 0.294 e. The topological polar surface area (TPSA) is 110 Å². The van der Waals surface area contributed by atoms with Gasteiger partial charge in [-0.2, -0.15) is 9.40 Å². The molecular formula is C16H21N5O4S. The van der Waals surface area contributed by atoms with Crippen LogP contribution in [0.5, 0.6) is 0 Å². The van der Waals surface area contributed by atoms with Crippen molar-refractivity contribution < 1.29 is 13.3 Å². The minimum atomic E-state index is -3.71. The third kappa shape index (κ3) is 3.17. The fraction of sp³-hybridized carbons (Fsp3) is 0.438. The number of hydrogen-bond donors (Lipinski definition) is 1. The summed E-state index contributed by atoms with van der Waals surface area (Å²) in [5, 5.41) is 18.8. The van der Waals surface area contributed by atoms with Crippen LogP contribution in [-0.4, -0.2) is 40.5 Å². The first-order chi connectivity index (χ1) is 12.2. The van der Waals surface area contributed by atoms with Crippen LogP contribution in [0.3, 0.4) is 0 Å². The molecule has 3 rings (SSSR count). The molecule has 0 saturated carbocycles. The van der Waals surface area contributed by atoms with Gasteiger partial charge in [-0.1, -0.05) is 0 Å². The van der Waals surface area contributed by atoms with Gasteiger partial charge < -0.3 is 5.32 Å². The van der Waals surface area contributed by atoms with E-state index in [2.05, 4.69) is 10.4 Å². The molecule has 0 unspecified atom stereocenters. The lowest BCUT2D eigenvalue weighted by molar-refractivity contribution is -0.384. The highest BCUT2D eigenvalue weighted by atomic mass is 32.2. The van der Waals surface area contributed by atoms with Gasteiger partial charge in [-0.15, -0.1) is 0 Å². The molecule has 1 fully saturated rings. The average molecular weight is 379 g/mol. The van der Waals surface area contributed by atoms with Crippen molar-refractivity contribution in [1.82, 2.24) is 14.1 Å². The number of benzene rings is 1. The third-order valence-electron chi connectivity index (χ3n) is 4.64. The number of nitro benzene ring substituents is 1. The first-order valence-electron chi connectivity index (χ1n) is 8.27. The number of nitrogens with zero attached hydrogens (tertiary/aromatic N) is 4. The second-order valence-electron chi connectivity index (χ2n) is 6.34. The molecule has 1 N–H and O–H groups in total. The lowest BCUT2D eigenvalue weighted by atomic mass is 10.2. The summed E-state index contributed by atoms with van der Waals surface area (Å²) in [6.45, 7) is 4.54. The lowest BCUT2D eigenvalue weighted by Gasteiger charge is -2.16. The van der Waals surface area contributed by atoms with E-state index in [1.54, 1.807) is 18.7 Å². The lowest BCUT2D eigenvalue weighted by Crippen LogP contribution is -2.27. The molecule has 1 aliphatic heterocycles. The molecule has 140 valence electrons. The number of nitro groups is 1. The summed E-state index contributed by atoms with van der Waals surface area (Å²) < 4.78 is 28.4. The molecule has 9 nitrogen and oxygen atoms in total. The van der Waals surface area contributed by atoms with Gasteiger partial charge in [-0.3, -0.25) is 14.8 Å². The van der Waals surface area contributed by atoms with Gasteiger partial charge in [0.2, 0.25) is 10.0 Å². The maximum atomic E-state index is 12.7. The number of nitrogens with one attached hydrogen (secondary N) is 1. The number of anilines is 2. The minimum Gasteiger partial charge on any atom is -0.347 e. The molecule has 0 atom stereocenters. The molecule has 1 aromatic carbocycles. The summed E-state index contributed by atoms with van der Waals surface area (Å²) in [4.78, 5) is 10.9. The predicted molar refractivity (Wildman–Crippen MR) is 97.1 cm³/mol. The van der Waals surface area contributed by atoms with E-state index in [1.165, 1.54) is 16.4 Å². The molecule has 1 saturated heterocycles. The normalized spacial score (nSPS) is 15.3. The van der Waals surface area contributed by atoms with E-state index in [0.717, 1.165) is 24.6 Å². The molecule has 0 spiro atoms. The van der Waals surface area contributed by atoms with Gasteiger partial charge in [0, 0.05) is 26.2 Å². The van der Waals surface area contributed by atoms with Crippen molar-refractivity contribution in [3.8, 4) is 0 Å². The molecule has 0 bridgehead atoms. The Bertz CT molecular complexity index is 961. The molecule has 1 aromatic heterocycles. The number of hydrogen-bond acceptors (Lipinski definition) is 6. The minimum absolute atomic E-state index is 0.0590.